The molecule has 1 aliphatic heterocycles. The Morgan fingerprint density at radius 1 is 0.917 bits per heavy atom. The topological polar surface area (TPSA) is 57.7 Å². The van der Waals surface area contributed by atoms with Crippen LogP contribution in [0.3, 0.4) is 0 Å². The molecule has 2 aromatic carbocycles. The number of hydrogen-bond donors (Lipinski definition) is 0. The molecule has 0 N–H and O–H groups in total. The summed E-state index contributed by atoms with van der Waals surface area (Å²) in [5, 5.41) is 0. The second-order valence-corrected chi connectivity index (χ2v) is 5.63. The summed E-state index contributed by atoms with van der Waals surface area (Å²) in [5.74, 6) is -0.951. The third-order valence-corrected chi connectivity index (χ3v) is 3.89. The van der Waals surface area contributed by atoms with Gasteiger partial charge in [-0.25, -0.2) is 4.90 Å². The third kappa shape index (κ3) is 2.50. The van der Waals surface area contributed by atoms with Crippen LogP contribution in [-0.2, 0) is 4.79 Å². The van der Waals surface area contributed by atoms with E-state index in [1.54, 1.807) is 30.3 Å². The van der Waals surface area contributed by atoms with Crippen LogP contribution < -0.4 is 4.90 Å². The van der Waals surface area contributed by atoms with Crippen molar-refractivity contribution in [2.24, 2.45) is 0 Å². The van der Waals surface area contributed by atoms with Gasteiger partial charge in [0, 0.05) is 19.8 Å². The molecule has 1 heterocycles. The Labute approximate surface area is 139 Å². The largest absolute Gasteiger partial charge is 0.377 e. The lowest BCUT2D eigenvalue weighted by Gasteiger charge is -2.17. The number of aldehydes is 1. The highest BCUT2D eigenvalue weighted by Crippen LogP contribution is 2.28. The minimum atomic E-state index is -0.476. The highest BCUT2D eigenvalue weighted by Gasteiger charge is 2.37. The second-order valence-electron chi connectivity index (χ2n) is 5.63. The van der Waals surface area contributed by atoms with E-state index < -0.39 is 11.8 Å². The summed E-state index contributed by atoms with van der Waals surface area (Å²) < 4.78 is 0. The predicted molar refractivity (Wildman–Crippen MR) is 91.8 cm³/mol. The summed E-state index contributed by atoms with van der Waals surface area (Å²) in [6.07, 6.45) is 2.10. The first-order valence-corrected chi connectivity index (χ1v) is 7.45. The van der Waals surface area contributed by atoms with Gasteiger partial charge in [-0.2, -0.15) is 0 Å². The van der Waals surface area contributed by atoms with E-state index in [0.717, 1.165) is 16.2 Å². The van der Waals surface area contributed by atoms with Gasteiger partial charge in [0.2, 0.25) is 0 Å². The van der Waals surface area contributed by atoms with Crippen LogP contribution in [0.1, 0.15) is 26.3 Å². The van der Waals surface area contributed by atoms with Gasteiger partial charge in [0.25, 0.3) is 11.8 Å². The number of benzene rings is 2. The van der Waals surface area contributed by atoms with Gasteiger partial charge < -0.3 is 4.90 Å². The van der Waals surface area contributed by atoms with Crippen LogP contribution in [-0.4, -0.2) is 37.1 Å². The number of allylic oxidation sites excluding steroid dienone is 1. The van der Waals surface area contributed by atoms with E-state index in [4.69, 9.17) is 0 Å². The van der Waals surface area contributed by atoms with Crippen LogP contribution in [0.4, 0.5) is 5.69 Å². The van der Waals surface area contributed by atoms with Crippen LogP contribution in [0.15, 0.2) is 54.2 Å². The zero-order valence-corrected chi connectivity index (χ0v) is 13.4. The fraction of sp³-hybridized carbons (Fsp3) is 0.105. The Balaban J connectivity index is 2.07. The lowest BCUT2D eigenvalue weighted by molar-refractivity contribution is -0.105. The summed E-state index contributed by atoms with van der Waals surface area (Å²) in [5.41, 5.74) is 2.29. The number of para-hydroxylation sites is 1. The average molecular weight is 320 g/mol. The van der Waals surface area contributed by atoms with Crippen LogP contribution in [0.25, 0.3) is 6.08 Å². The third-order valence-electron chi connectivity index (χ3n) is 3.89. The number of anilines is 1. The number of hydrogen-bond acceptors (Lipinski definition) is 4. The Hall–Kier alpha value is -3.21. The molecule has 0 bridgehead atoms. The fourth-order valence-electron chi connectivity index (χ4n) is 2.75. The van der Waals surface area contributed by atoms with Gasteiger partial charge in [0.1, 0.15) is 0 Å². The summed E-state index contributed by atoms with van der Waals surface area (Å²) >= 11 is 0. The van der Waals surface area contributed by atoms with Gasteiger partial charge in [-0.1, -0.05) is 30.3 Å². The van der Waals surface area contributed by atoms with Crippen LogP contribution in [0.2, 0.25) is 0 Å². The molecule has 3 rings (SSSR count). The second kappa shape index (κ2) is 6.12. The summed E-state index contributed by atoms with van der Waals surface area (Å²) in [6, 6.07) is 14.0. The van der Waals surface area contributed by atoms with E-state index in [1.165, 1.54) is 0 Å². The first-order valence-electron chi connectivity index (χ1n) is 7.45. The van der Waals surface area contributed by atoms with E-state index >= 15 is 0 Å². The lowest BCUT2D eigenvalue weighted by Crippen LogP contribution is -2.29. The van der Waals surface area contributed by atoms with E-state index in [2.05, 4.69) is 0 Å². The Bertz CT molecular complexity index is 833. The molecule has 0 radical (unpaired) electrons. The monoisotopic (exact) mass is 320 g/mol. The van der Waals surface area contributed by atoms with E-state index in [9.17, 15) is 14.4 Å². The number of nitrogens with zero attached hydrogens (tertiary/aromatic N) is 2. The van der Waals surface area contributed by atoms with E-state index in [-0.39, 0.29) is 5.70 Å². The Morgan fingerprint density at radius 2 is 1.46 bits per heavy atom. The van der Waals surface area contributed by atoms with Crippen molar-refractivity contribution in [3.63, 3.8) is 0 Å². The molecule has 0 fully saturated rings. The molecule has 0 atom stereocenters. The Kier molecular flexibility index (Phi) is 4.00. The molecule has 5 heteroatoms. The number of amides is 2. The van der Waals surface area contributed by atoms with Crippen molar-refractivity contribution < 1.29 is 14.4 Å². The van der Waals surface area contributed by atoms with Crippen molar-refractivity contribution in [3.8, 4) is 0 Å². The highest BCUT2D eigenvalue weighted by atomic mass is 16.2. The lowest BCUT2D eigenvalue weighted by atomic mass is 10.1. The van der Waals surface area contributed by atoms with Crippen LogP contribution in [0, 0.1) is 0 Å². The molecule has 5 nitrogen and oxygen atoms in total. The molecule has 0 saturated carbocycles. The zero-order valence-electron chi connectivity index (χ0n) is 13.4. The molecule has 0 unspecified atom stereocenters. The first kappa shape index (κ1) is 15.7. The molecule has 2 aromatic rings. The van der Waals surface area contributed by atoms with Crippen molar-refractivity contribution in [1.29, 1.82) is 0 Å². The van der Waals surface area contributed by atoms with Gasteiger partial charge in [-0.15, -0.1) is 0 Å². The van der Waals surface area contributed by atoms with Crippen molar-refractivity contribution >= 4 is 29.9 Å². The van der Waals surface area contributed by atoms with E-state index in [0.29, 0.717) is 17.4 Å². The van der Waals surface area contributed by atoms with Gasteiger partial charge in [0.05, 0.1) is 16.8 Å². The summed E-state index contributed by atoms with van der Waals surface area (Å²) in [4.78, 5) is 39.4. The fourth-order valence-corrected chi connectivity index (χ4v) is 2.75. The molecule has 0 saturated heterocycles. The number of carbonyl (C=O) groups is 3. The molecular weight excluding hydrogens is 304 g/mol. The van der Waals surface area contributed by atoms with Crippen molar-refractivity contribution in [2.45, 2.75) is 0 Å². The van der Waals surface area contributed by atoms with Gasteiger partial charge in [0.15, 0.2) is 6.29 Å². The van der Waals surface area contributed by atoms with Gasteiger partial charge in [-0.3, -0.25) is 14.4 Å². The molecule has 0 spiro atoms. The maximum atomic E-state index is 12.5. The van der Waals surface area contributed by atoms with Crippen molar-refractivity contribution in [3.05, 3.63) is 70.9 Å². The minimum Gasteiger partial charge on any atom is -0.377 e. The standard InChI is InChI=1S/C19H16N2O3/c1-20(2)17-10-6-3-7-13(17)11-14(12-22)21-18(23)15-8-4-5-9-16(15)19(21)24/h3-12H,1-2H3/b14-11-. The molecule has 0 aromatic heterocycles. The SMILES string of the molecule is CN(C)c1ccccc1/C=C(/C=O)N1C(=O)c2ccccc2C1=O. The zero-order chi connectivity index (χ0) is 17.3. The highest BCUT2D eigenvalue weighted by molar-refractivity contribution is 6.24. The molecule has 120 valence electrons. The van der Waals surface area contributed by atoms with Gasteiger partial charge in [-0.05, 0) is 29.8 Å². The molecule has 2 amide bonds. The Morgan fingerprint density at radius 3 is 2.00 bits per heavy atom. The minimum absolute atomic E-state index is 0.0236. The predicted octanol–water partition coefficient (Wildman–Crippen LogP) is 2.59. The quantitative estimate of drug-likeness (QED) is 0.493. The summed E-state index contributed by atoms with van der Waals surface area (Å²) in [7, 11) is 3.77. The number of fused-ring (bicyclic) bond motifs is 1. The van der Waals surface area contributed by atoms with E-state index in [1.807, 2.05) is 43.3 Å². The first-order chi connectivity index (χ1) is 11.5. The smallest absolute Gasteiger partial charge is 0.266 e. The number of rotatable bonds is 4. The molecule has 1 aliphatic rings. The molecule has 24 heavy (non-hydrogen) atoms. The molecular formula is C19H16N2O3. The maximum Gasteiger partial charge on any atom is 0.266 e. The number of carbonyl (C=O) groups excluding carboxylic acids is 3. The molecule has 0 aliphatic carbocycles. The number of imide groups is 1. The van der Waals surface area contributed by atoms with Crippen LogP contribution >= 0.6 is 0 Å². The maximum absolute atomic E-state index is 12.5. The normalized spacial score (nSPS) is 13.9. The average Bonchev–Trinajstić information content (AvgIpc) is 2.85. The van der Waals surface area contributed by atoms with Crippen molar-refractivity contribution in [2.75, 3.05) is 19.0 Å². The van der Waals surface area contributed by atoms with Crippen LogP contribution in [0.5, 0.6) is 0 Å². The van der Waals surface area contributed by atoms with Gasteiger partial charge >= 0.3 is 0 Å². The summed E-state index contributed by atoms with van der Waals surface area (Å²) in [6.45, 7) is 0. The van der Waals surface area contributed by atoms with Crippen molar-refractivity contribution in [1.82, 2.24) is 4.90 Å².